The van der Waals surface area contributed by atoms with E-state index in [9.17, 15) is 0 Å². The first-order valence-corrected chi connectivity index (χ1v) is 6.38. The van der Waals surface area contributed by atoms with Gasteiger partial charge in [-0.15, -0.1) is 0 Å². The first-order chi connectivity index (χ1) is 8.83. The molecule has 1 aromatic carbocycles. The number of benzene rings is 1. The van der Waals surface area contributed by atoms with Crippen molar-refractivity contribution in [3.63, 3.8) is 0 Å². The van der Waals surface area contributed by atoms with Gasteiger partial charge in [-0.3, -0.25) is 0 Å². The molecule has 0 fully saturated rings. The third-order valence-corrected chi connectivity index (χ3v) is 3.79. The van der Waals surface area contributed by atoms with Gasteiger partial charge < -0.3 is 0 Å². The number of hydrogen-bond acceptors (Lipinski definition) is 1. The number of hydrogen-bond donors (Lipinski definition) is 0. The van der Waals surface area contributed by atoms with E-state index < -0.39 is 0 Å². The Hall–Kier alpha value is -1.86. The lowest BCUT2D eigenvalue weighted by Crippen LogP contribution is -2.21. The maximum Gasteiger partial charge on any atom is 0.0858 e. The van der Waals surface area contributed by atoms with Crippen LogP contribution >= 0.6 is 11.6 Å². The summed E-state index contributed by atoms with van der Waals surface area (Å²) in [6, 6.07) is 10.5. The number of rotatable bonds is 0. The average Bonchev–Trinajstić information content (AvgIpc) is 2.75. The van der Waals surface area contributed by atoms with Crippen molar-refractivity contribution in [3.8, 4) is 11.3 Å². The SMILES string of the molecule is ClC1=c2nc3c(cc2C=CC1)=Cc1ccccc1-3. The molecule has 1 aromatic heterocycles. The minimum absolute atomic E-state index is 0.783. The molecule has 1 heterocycles. The standard InChI is InChI=1S/C16H10ClN/c17-14-7-3-5-11-9-12-8-10-4-1-2-6-13(10)15(12)18-16(11)14/h1-6,8-9H,7H2. The second-order valence-corrected chi connectivity index (χ2v) is 5.06. The van der Waals surface area contributed by atoms with E-state index in [0.29, 0.717) is 0 Å². The van der Waals surface area contributed by atoms with Crippen LogP contribution in [-0.2, 0) is 0 Å². The number of halogens is 1. The van der Waals surface area contributed by atoms with Crippen LogP contribution in [0.3, 0.4) is 0 Å². The van der Waals surface area contributed by atoms with Crippen molar-refractivity contribution in [2.24, 2.45) is 0 Å². The minimum Gasteiger partial charge on any atom is -0.246 e. The molecule has 0 amide bonds. The molecular weight excluding hydrogens is 242 g/mol. The molecule has 2 heteroatoms. The second-order valence-electron chi connectivity index (χ2n) is 4.61. The summed E-state index contributed by atoms with van der Waals surface area (Å²) < 4.78 is 0. The predicted octanol–water partition coefficient (Wildman–Crippen LogP) is 2.65. The number of pyridine rings is 1. The van der Waals surface area contributed by atoms with Crippen LogP contribution in [-0.4, -0.2) is 4.98 Å². The number of fused-ring (bicyclic) bond motifs is 4. The van der Waals surface area contributed by atoms with Crippen LogP contribution in [0.15, 0.2) is 36.4 Å². The van der Waals surface area contributed by atoms with E-state index in [0.717, 1.165) is 28.1 Å². The fourth-order valence-corrected chi connectivity index (χ4v) is 2.85. The highest BCUT2D eigenvalue weighted by Gasteiger charge is 2.15. The van der Waals surface area contributed by atoms with Crippen molar-refractivity contribution in [1.29, 1.82) is 0 Å². The highest BCUT2D eigenvalue weighted by Crippen LogP contribution is 2.24. The smallest absolute Gasteiger partial charge is 0.0858 e. The summed E-state index contributed by atoms with van der Waals surface area (Å²) in [6.45, 7) is 0. The lowest BCUT2D eigenvalue weighted by Gasteiger charge is -2.07. The Morgan fingerprint density at radius 3 is 2.94 bits per heavy atom. The van der Waals surface area contributed by atoms with E-state index in [4.69, 9.17) is 16.6 Å². The summed E-state index contributed by atoms with van der Waals surface area (Å²) in [5.41, 5.74) is 4.61. The number of allylic oxidation sites excluding steroid dienone is 1. The van der Waals surface area contributed by atoms with Crippen molar-refractivity contribution >= 4 is 28.8 Å². The summed E-state index contributed by atoms with van der Waals surface area (Å²) >= 11 is 6.27. The summed E-state index contributed by atoms with van der Waals surface area (Å²) in [4.78, 5) is 4.76. The normalized spacial score (nSPS) is 14.8. The minimum atomic E-state index is 0.783. The Morgan fingerprint density at radius 1 is 1.11 bits per heavy atom. The van der Waals surface area contributed by atoms with Crippen LogP contribution in [0.4, 0.5) is 0 Å². The van der Waals surface area contributed by atoms with Crippen molar-refractivity contribution < 1.29 is 0 Å². The predicted molar refractivity (Wildman–Crippen MR) is 75.4 cm³/mol. The van der Waals surface area contributed by atoms with Crippen LogP contribution in [0.5, 0.6) is 0 Å². The lowest BCUT2D eigenvalue weighted by atomic mass is 10.1. The largest absolute Gasteiger partial charge is 0.246 e. The third-order valence-electron chi connectivity index (χ3n) is 3.46. The zero-order valence-corrected chi connectivity index (χ0v) is 10.4. The maximum atomic E-state index is 6.27. The topological polar surface area (TPSA) is 12.9 Å². The molecule has 1 nitrogen and oxygen atoms in total. The fourth-order valence-electron chi connectivity index (χ4n) is 2.61. The van der Waals surface area contributed by atoms with Gasteiger partial charge in [0.1, 0.15) is 0 Å². The van der Waals surface area contributed by atoms with E-state index in [1.807, 2.05) is 6.07 Å². The monoisotopic (exact) mass is 251 g/mol. The summed E-state index contributed by atoms with van der Waals surface area (Å²) in [5.74, 6) is 0. The van der Waals surface area contributed by atoms with Crippen LogP contribution in [0.1, 0.15) is 17.5 Å². The molecule has 18 heavy (non-hydrogen) atoms. The molecule has 2 aromatic rings. The van der Waals surface area contributed by atoms with Crippen LogP contribution in [0.25, 0.3) is 28.4 Å². The van der Waals surface area contributed by atoms with Crippen LogP contribution < -0.4 is 10.6 Å². The van der Waals surface area contributed by atoms with E-state index in [1.54, 1.807) is 0 Å². The first kappa shape index (κ1) is 10.1. The number of nitrogens with zero attached hydrogens (tertiary/aromatic N) is 1. The molecular formula is C16H10ClN. The van der Waals surface area contributed by atoms with Gasteiger partial charge in [-0.25, -0.2) is 4.98 Å². The summed E-state index contributed by atoms with van der Waals surface area (Å²) in [6.07, 6.45) is 7.16. The molecule has 2 aliphatic carbocycles. The van der Waals surface area contributed by atoms with Gasteiger partial charge in [-0.05, 0) is 17.7 Å². The molecule has 4 rings (SSSR count). The molecule has 0 aliphatic heterocycles. The van der Waals surface area contributed by atoms with Gasteiger partial charge in [0.25, 0.3) is 0 Å². The van der Waals surface area contributed by atoms with Gasteiger partial charge >= 0.3 is 0 Å². The van der Waals surface area contributed by atoms with Gasteiger partial charge in [-0.2, -0.15) is 0 Å². The quantitative estimate of drug-likeness (QED) is 0.599. The molecule has 0 N–H and O–H groups in total. The molecule has 0 saturated heterocycles. The molecule has 86 valence electrons. The zero-order valence-electron chi connectivity index (χ0n) is 9.65. The summed E-state index contributed by atoms with van der Waals surface area (Å²) in [5, 5.41) is 2.95. The zero-order chi connectivity index (χ0) is 12.1. The van der Waals surface area contributed by atoms with Crippen molar-refractivity contribution in [2.45, 2.75) is 6.42 Å². The summed E-state index contributed by atoms with van der Waals surface area (Å²) in [7, 11) is 0. The molecule has 0 atom stereocenters. The molecule has 2 aliphatic rings. The molecule has 0 bridgehead atoms. The Balaban J connectivity index is 2.13. The van der Waals surface area contributed by atoms with E-state index >= 15 is 0 Å². The first-order valence-electron chi connectivity index (χ1n) is 6.00. The van der Waals surface area contributed by atoms with Gasteiger partial charge in [-0.1, -0.05) is 48.0 Å². The molecule has 0 unspecified atom stereocenters. The van der Waals surface area contributed by atoms with E-state index in [2.05, 4.69) is 42.5 Å². The van der Waals surface area contributed by atoms with Gasteiger partial charge in [0.05, 0.1) is 11.0 Å². The van der Waals surface area contributed by atoms with Crippen molar-refractivity contribution in [2.75, 3.05) is 0 Å². The third kappa shape index (κ3) is 1.31. The van der Waals surface area contributed by atoms with Crippen LogP contribution in [0, 0.1) is 0 Å². The van der Waals surface area contributed by atoms with E-state index in [-0.39, 0.29) is 0 Å². The molecule has 0 radical (unpaired) electrons. The number of aromatic nitrogens is 1. The Labute approximate surface area is 110 Å². The van der Waals surface area contributed by atoms with Gasteiger partial charge in [0.15, 0.2) is 0 Å². The average molecular weight is 252 g/mol. The lowest BCUT2D eigenvalue weighted by molar-refractivity contribution is 1.19. The molecule has 0 saturated carbocycles. The molecule has 0 spiro atoms. The van der Waals surface area contributed by atoms with E-state index in [1.165, 1.54) is 16.3 Å². The fraction of sp³-hybridized carbons (Fsp3) is 0.0625. The van der Waals surface area contributed by atoms with Crippen LogP contribution in [0.2, 0.25) is 0 Å². The highest BCUT2D eigenvalue weighted by molar-refractivity contribution is 6.45. The Kier molecular flexibility index (Phi) is 2.00. The van der Waals surface area contributed by atoms with Gasteiger partial charge in [0, 0.05) is 27.8 Å². The second kappa shape index (κ2) is 3.56. The van der Waals surface area contributed by atoms with Crippen molar-refractivity contribution in [1.82, 2.24) is 4.98 Å². The maximum absolute atomic E-state index is 6.27. The van der Waals surface area contributed by atoms with Crippen molar-refractivity contribution in [3.05, 3.63) is 58.1 Å². The Morgan fingerprint density at radius 2 is 2.00 bits per heavy atom. The highest BCUT2D eigenvalue weighted by atomic mass is 35.5. The van der Waals surface area contributed by atoms with Gasteiger partial charge in [0.2, 0.25) is 0 Å². The Bertz CT molecular complexity index is 815.